The molecule has 0 saturated carbocycles. The topological polar surface area (TPSA) is 55.8 Å². The molecule has 24 heavy (non-hydrogen) atoms. The summed E-state index contributed by atoms with van der Waals surface area (Å²) < 4.78 is 10.7. The number of carbonyl (C=O) groups excluding carboxylic acids is 1. The predicted molar refractivity (Wildman–Crippen MR) is 91.5 cm³/mol. The van der Waals surface area contributed by atoms with Crippen LogP contribution in [0.25, 0.3) is 11.1 Å². The first-order chi connectivity index (χ1) is 11.7. The van der Waals surface area contributed by atoms with Crippen molar-refractivity contribution in [2.24, 2.45) is 0 Å². The first-order valence-corrected chi connectivity index (χ1v) is 7.43. The van der Waals surface area contributed by atoms with Crippen LogP contribution >= 0.6 is 0 Å². The third-order valence-corrected chi connectivity index (χ3v) is 3.58. The lowest BCUT2D eigenvalue weighted by atomic mass is 9.98. The maximum absolute atomic E-state index is 12.7. The number of hydrogen-bond acceptors (Lipinski definition) is 4. The molecule has 0 aliphatic rings. The van der Waals surface area contributed by atoms with Gasteiger partial charge in [-0.1, -0.05) is 48.5 Å². The lowest BCUT2D eigenvalue weighted by molar-refractivity contribution is 0.0731. The minimum absolute atomic E-state index is 0.0947. The zero-order chi connectivity index (χ0) is 16.9. The second-order valence-corrected chi connectivity index (χ2v) is 5.11. The molecular weight excluding hydrogens is 304 g/mol. The Hall–Kier alpha value is -3.27. The van der Waals surface area contributed by atoms with Crippen LogP contribution in [0.3, 0.4) is 0 Å². The van der Waals surface area contributed by atoms with E-state index in [0.29, 0.717) is 11.3 Å². The van der Waals surface area contributed by atoms with Crippen LogP contribution in [0.15, 0.2) is 72.8 Å². The standard InChI is InChI=1S/C20H16O4/c1-23-19-17(21)13-12-16(14-8-4-2-5-9-14)18(19)20(22)24-15-10-6-3-7-11-15/h2-13,21H,1H3. The Balaban J connectivity index is 2.10. The fourth-order valence-corrected chi connectivity index (χ4v) is 2.49. The van der Waals surface area contributed by atoms with Crippen molar-refractivity contribution in [1.29, 1.82) is 0 Å². The van der Waals surface area contributed by atoms with Gasteiger partial charge in [-0.05, 0) is 29.8 Å². The number of benzene rings is 3. The van der Waals surface area contributed by atoms with Gasteiger partial charge in [-0.15, -0.1) is 0 Å². The van der Waals surface area contributed by atoms with Gasteiger partial charge in [0.15, 0.2) is 11.5 Å². The minimum atomic E-state index is -0.590. The summed E-state index contributed by atoms with van der Waals surface area (Å²) in [6.07, 6.45) is 0. The summed E-state index contributed by atoms with van der Waals surface area (Å²) in [5.74, 6) is -0.186. The number of methoxy groups -OCH3 is 1. The van der Waals surface area contributed by atoms with Gasteiger partial charge in [0, 0.05) is 5.56 Å². The van der Waals surface area contributed by atoms with Crippen molar-refractivity contribution in [1.82, 2.24) is 0 Å². The fraction of sp³-hybridized carbons (Fsp3) is 0.0500. The van der Waals surface area contributed by atoms with E-state index < -0.39 is 5.97 Å². The minimum Gasteiger partial charge on any atom is -0.504 e. The molecule has 0 unspecified atom stereocenters. The lowest BCUT2D eigenvalue weighted by Crippen LogP contribution is -2.12. The normalized spacial score (nSPS) is 10.2. The van der Waals surface area contributed by atoms with Crippen molar-refractivity contribution >= 4 is 5.97 Å². The average Bonchev–Trinajstić information content (AvgIpc) is 2.63. The van der Waals surface area contributed by atoms with Crippen molar-refractivity contribution in [2.75, 3.05) is 7.11 Å². The van der Waals surface area contributed by atoms with Crippen molar-refractivity contribution in [2.45, 2.75) is 0 Å². The van der Waals surface area contributed by atoms with E-state index in [1.54, 1.807) is 30.3 Å². The molecule has 0 amide bonds. The maximum Gasteiger partial charge on any atom is 0.348 e. The number of carbonyl (C=O) groups is 1. The molecule has 120 valence electrons. The molecule has 0 radical (unpaired) electrons. The molecule has 1 N–H and O–H groups in total. The number of hydrogen-bond donors (Lipinski definition) is 1. The Bertz CT molecular complexity index is 842. The molecule has 3 rings (SSSR count). The molecule has 0 spiro atoms. The summed E-state index contributed by atoms with van der Waals surface area (Å²) >= 11 is 0. The summed E-state index contributed by atoms with van der Waals surface area (Å²) in [4.78, 5) is 12.7. The van der Waals surface area contributed by atoms with Gasteiger partial charge in [-0.2, -0.15) is 0 Å². The van der Waals surface area contributed by atoms with Crippen molar-refractivity contribution < 1.29 is 19.4 Å². The molecule has 3 aromatic rings. The highest BCUT2D eigenvalue weighted by molar-refractivity contribution is 6.02. The van der Waals surface area contributed by atoms with Gasteiger partial charge in [0.05, 0.1) is 7.11 Å². The Kier molecular flexibility index (Phi) is 4.47. The highest BCUT2D eigenvalue weighted by Crippen LogP contribution is 2.38. The van der Waals surface area contributed by atoms with Gasteiger partial charge >= 0.3 is 5.97 Å². The molecule has 0 heterocycles. The molecular formula is C20H16O4. The summed E-state index contributed by atoms with van der Waals surface area (Å²) in [6, 6.07) is 21.4. The molecule has 0 saturated heterocycles. The van der Waals surface area contributed by atoms with E-state index in [0.717, 1.165) is 5.56 Å². The third kappa shape index (κ3) is 3.08. The quantitative estimate of drug-likeness (QED) is 0.575. The average molecular weight is 320 g/mol. The largest absolute Gasteiger partial charge is 0.504 e. The number of esters is 1. The second kappa shape index (κ2) is 6.87. The molecule has 4 heteroatoms. The zero-order valence-electron chi connectivity index (χ0n) is 13.1. The van der Waals surface area contributed by atoms with Gasteiger partial charge in [-0.3, -0.25) is 0 Å². The number of ether oxygens (including phenoxy) is 2. The smallest absolute Gasteiger partial charge is 0.348 e. The number of phenols is 1. The van der Waals surface area contributed by atoms with Crippen LogP contribution in [0.4, 0.5) is 0 Å². The van der Waals surface area contributed by atoms with Gasteiger partial charge in [0.1, 0.15) is 11.3 Å². The highest BCUT2D eigenvalue weighted by atomic mass is 16.5. The first kappa shape index (κ1) is 15.6. The van der Waals surface area contributed by atoms with Crippen LogP contribution in [0, 0.1) is 0 Å². The fourth-order valence-electron chi connectivity index (χ4n) is 2.49. The van der Waals surface area contributed by atoms with E-state index in [1.807, 2.05) is 36.4 Å². The van der Waals surface area contributed by atoms with Crippen molar-refractivity contribution in [3.63, 3.8) is 0 Å². The summed E-state index contributed by atoms with van der Waals surface area (Å²) in [5, 5.41) is 10.0. The molecule has 0 aromatic heterocycles. The molecule has 3 aromatic carbocycles. The molecule has 0 bridgehead atoms. The summed E-state index contributed by atoms with van der Waals surface area (Å²) in [5.41, 5.74) is 1.65. The second-order valence-electron chi connectivity index (χ2n) is 5.11. The number of para-hydroxylation sites is 1. The monoisotopic (exact) mass is 320 g/mol. The van der Waals surface area contributed by atoms with Gasteiger partial charge in [-0.25, -0.2) is 4.79 Å². The van der Waals surface area contributed by atoms with Gasteiger partial charge in [0.25, 0.3) is 0 Å². The molecule has 4 nitrogen and oxygen atoms in total. The Morgan fingerprint density at radius 2 is 1.50 bits per heavy atom. The lowest BCUT2D eigenvalue weighted by Gasteiger charge is -2.14. The third-order valence-electron chi connectivity index (χ3n) is 3.58. The van der Waals surface area contributed by atoms with Crippen molar-refractivity contribution in [3.05, 3.63) is 78.4 Å². The van der Waals surface area contributed by atoms with Crippen LogP contribution in [0.2, 0.25) is 0 Å². The van der Waals surface area contributed by atoms with E-state index in [9.17, 15) is 9.90 Å². The van der Waals surface area contributed by atoms with Gasteiger partial charge < -0.3 is 14.6 Å². The summed E-state index contributed by atoms with van der Waals surface area (Å²) in [7, 11) is 1.41. The Labute approximate surface area is 139 Å². The maximum atomic E-state index is 12.7. The number of rotatable bonds is 4. The molecule has 0 aliphatic carbocycles. The van der Waals surface area contributed by atoms with E-state index in [2.05, 4.69) is 0 Å². The van der Waals surface area contributed by atoms with E-state index in [1.165, 1.54) is 13.2 Å². The zero-order valence-corrected chi connectivity index (χ0v) is 13.1. The SMILES string of the molecule is COc1c(O)ccc(-c2ccccc2)c1C(=O)Oc1ccccc1. The van der Waals surface area contributed by atoms with Crippen LogP contribution in [0.1, 0.15) is 10.4 Å². The molecule has 0 fully saturated rings. The molecule has 0 aliphatic heterocycles. The van der Waals surface area contributed by atoms with Crippen LogP contribution in [-0.4, -0.2) is 18.2 Å². The van der Waals surface area contributed by atoms with E-state index in [4.69, 9.17) is 9.47 Å². The van der Waals surface area contributed by atoms with E-state index in [-0.39, 0.29) is 17.1 Å². The predicted octanol–water partition coefficient (Wildman–Crippen LogP) is 4.29. The van der Waals surface area contributed by atoms with Gasteiger partial charge in [0.2, 0.25) is 0 Å². The first-order valence-electron chi connectivity index (χ1n) is 7.43. The number of aromatic hydroxyl groups is 1. The van der Waals surface area contributed by atoms with Crippen LogP contribution in [-0.2, 0) is 0 Å². The van der Waals surface area contributed by atoms with Crippen molar-refractivity contribution in [3.8, 4) is 28.4 Å². The van der Waals surface area contributed by atoms with Crippen LogP contribution in [0.5, 0.6) is 17.2 Å². The summed E-state index contributed by atoms with van der Waals surface area (Å²) in [6.45, 7) is 0. The van der Waals surface area contributed by atoms with E-state index >= 15 is 0 Å². The van der Waals surface area contributed by atoms with Crippen LogP contribution < -0.4 is 9.47 Å². The Morgan fingerprint density at radius 3 is 2.12 bits per heavy atom. The molecule has 0 atom stereocenters. The number of phenolic OH excluding ortho intramolecular Hbond substituents is 1. The highest BCUT2D eigenvalue weighted by Gasteiger charge is 2.23. The Morgan fingerprint density at radius 1 is 0.875 bits per heavy atom.